The first-order valence-corrected chi connectivity index (χ1v) is 6.51. The lowest BCUT2D eigenvalue weighted by molar-refractivity contribution is 0.475. The first kappa shape index (κ1) is 12.7. The van der Waals surface area contributed by atoms with Gasteiger partial charge in [-0.25, -0.2) is 0 Å². The van der Waals surface area contributed by atoms with Crippen LogP contribution in [-0.4, -0.2) is 5.11 Å². The summed E-state index contributed by atoms with van der Waals surface area (Å²) in [5, 5.41) is 9.33. The third-order valence-electron chi connectivity index (χ3n) is 3.40. The molecule has 0 unspecified atom stereocenters. The summed E-state index contributed by atoms with van der Waals surface area (Å²) in [4.78, 5) is 0. The number of phenols is 1. The average Bonchev–Trinajstić information content (AvgIpc) is 2.34. The van der Waals surface area contributed by atoms with Gasteiger partial charge in [-0.3, -0.25) is 0 Å². The lowest BCUT2D eigenvalue weighted by Crippen LogP contribution is -1.94. The summed E-state index contributed by atoms with van der Waals surface area (Å²) in [7, 11) is 0. The van der Waals surface area contributed by atoms with Crippen molar-refractivity contribution in [3.8, 4) is 16.9 Å². The van der Waals surface area contributed by atoms with E-state index in [2.05, 4.69) is 32.9 Å². The first-order valence-electron chi connectivity index (χ1n) is 6.51. The van der Waals surface area contributed by atoms with Gasteiger partial charge < -0.3 is 5.11 Å². The molecule has 0 spiro atoms. The molecule has 0 aromatic heterocycles. The number of phenolic OH excluding ortho intramolecular Hbond substituents is 1. The standard InChI is InChI=1S/C17H20O/c1-4-5-17-12(2)10-15(11-13(17)3)14-6-8-16(18)9-7-14/h6-11,18H,4-5H2,1-3H3. The van der Waals surface area contributed by atoms with Crippen molar-refractivity contribution in [2.75, 3.05) is 0 Å². The molecule has 0 aliphatic heterocycles. The van der Waals surface area contributed by atoms with Crippen LogP contribution in [0.3, 0.4) is 0 Å². The van der Waals surface area contributed by atoms with Gasteiger partial charge in [0, 0.05) is 0 Å². The molecule has 2 aromatic carbocycles. The van der Waals surface area contributed by atoms with Gasteiger partial charge >= 0.3 is 0 Å². The minimum atomic E-state index is 0.315. The van der Waals surface area contributed by atoms with Crippen LogP contribution >= 0.6 is 0 Å². The summed E-state index contributed by atoms with van der Waals surface area (Å²) in [6.45, 7) is 6.58. The molecule has 0 aliphatic rings. The molecule has 0 amide bonds. The Balaban J connectivity index is 2.44. The number of aromatic hydroxyl groups is 1. The third kappa shape index (κ3) is 2.56. The zero-order valence-corrected chi connectivity index (χ0v) is 11.3. The highest BCUT2D eigenvalue weighted by Gasteiger charge is 2.06. The molecule has 94 valence electrons. The molecule has 0 heterocycles. The van der Waals surface area contributed by atoms with Crippen LogP contribution in [-0.2, 0) is 6.42 Å². The Morgan fingerprint density at radius 3 is 1.94 bits per heavy atom. The molecule has 1 nitrogen and oxygen atoms in total. The van der Waals surface area contributed by atoms with Gasteiger partial charge in [0.05, 0.1) is 0 Å². The van der Waals surface area contributed by atoms with E-state index in [1.54, 1.807) is 12.1 Å². The van der Waals surface area contributed by atoms with E-state index in [0.717, 1.165) is 12.0 Å². The van der Waals surface area contributed by atoms with Crippen LogP contribution in [0.5, 0.6) is 5.75 Å². The van der Waals surface area contributed by atoms with Crippen LogP contribution in [0.4, 0.5) is 0 Å². The molecule has 1 N–H and O–H groups in total. The van der Waals surface area contributed by atoms with Crippen molar-refractivity contribution in [1.82, 2.24) is 0 Å². The third-order valence-corrected chi connectivity index (χ3v) is 3.40. The second-order valence-electron chi connectivity index (χ2n) is 4.89. The van der Waals surface area contributed by atoms with Gasteiger partial charge in [0.1, 0.15) is 5.75 Å². The van der Waals surface area contributed by atoms with Gasteiger partial charge in [-0.1, -0.05) is 37.6 Å². The summed E-state index contributed by atoms with van der Waals surface area (Å²) in [6, 6.07) is 11.9. The Morgan fingerprint density at radius 2 is 1.44 bits per heavy atom. The van der Waals surface area contributed by atoms with Crippen molar-refractivity contribution in [3.63, 3.8) is 0 Å². The molecule has 0 aliphatic carbocycles. The molecular weight excluding hydrogens is 220 g/mol. The molecule has 2 rings (SSSR count). The lowest BCUT2D eigenvalue weighted by atomic mass is 9.93. The van der Waals surface area contributed by atoms with E-state index in [0.29, 0.717) is 5.75 Å². The molecule has 0 saturated heterocycles. The monoisotopic (exact) mass is 240 g/mol. The zero-order valence-electron chi connectivity index (χ0n) is 11.3. The summed E-state index contributed by atoms with van der Waals surface area (Å²) >= 11 is 0. The van der Waals surface area contributed by atoms with E-state index < -0.39 is 0 Å². The fraction of sp³-hybridized carbons (Fsp3) is 0.294. The number of hydrogen-bond acceptors (Lipinski definition) is 1. The maximum Gasteiger partial charge on any atom is 0.115 e. The van der Waals surface area contributed by atoms with Crippen LogP contribution in [0, 0.1) is 13.8 Å². The topological polar surface area (TPSA) is 20.2 Å². The Hall–Kier alpha value is -1.76. The predicted molar refractivity (Wildman–Crippen MR) is 77.0 cm³/mol. The molecular formula is C17H20O. The largest absolute Gasteiger partial charge is 0.508 e. The van der Waals surface area contributed by atoms with Gasteiger partial charge in [0.15, 0.2) is 0 Å². The van der Waals surface area contributed by atoms with E-state index in [1.165, 1.54) is 28.7 Å². The molecule has 0 fully saturated rings. The molecule has 0 bridgehead atoms. The Bertz CT molecular complexity index is 515. The highest BCUT2D eigenvalue weighted by Crippen LogP contribution is 2.27. The second kappa shape index (κ2) is 5.26. The lowest BCUT2D eigenvalue weighted by Gasteiger charge is -2.12. The van der Waals surface area contributed by atoms with Crippen molar-refractivity contribution >= 4 is 0 Å². The van der Waals surface area contributed by atoms with E-state index in [9.17, 15) is 5.11 Å². The number of rotatable bonds is 3. The highest BCUT2D eigenvalue weighted by atomic mass is 16.3. The maximum absolute atomic E-state index is 9.33. The molecule has 18 heavy (non-hydrogen) atoms. The minimum absolute atomic E-state index is 0.315. The van der Waals surface area contributed by atoms with E-state index >= 15 is 0 Å². The molecule has 0 saturated carbocycles. The van der Waals surface area contributed by atoms with Crippen LogP contribution < -0.4 is 0 Å². The van der Waals surface area contributed by atoms with Crippen molar-refractivity contribution in [3.05, 3.63) is 53.1 Å². The van der Waals surface area contributed by atoms with Crippen molar-refractivity contribution in [2.24, 2.45) is 0 Å². The summed E-state index contributed by atoms with van der Waals surface area (Å²) in [6.07, 6.45) is 2.33. The van der Waals surface area contributed by atoms with Gasteiger partial charge in [-0.2, -0.15) is 0 Å². The Labute approximate surface area is 109 Å². The van der Waals surface area contributed by atoms with Crippen LogP contribution in [0.25, 0.3) is 11.1 Å². The van der Waals surface area contributed by atoms with Crippen LogP contribution in [0.1, 0.15) is 30.0 Å². The van der Waals surface area contributed by atoms with Crippen molar-refractivity contribution in [2.45, 2.75) is 33.6 Å². The van der Waals surface area contributed by atoms with Gasteiger partial charge in [0.25, 0.3) is 0 Å². The van der Waals surface area contributed by atoms with Gasteiger partial charge in [-0.05, 0) is 60.2 Å². The highest BCUT2D eigenvalue weighted by molar-refractivity contribution is 5.66. The second-order valence-corrected chi connectivity index (χ2v) is 4.89. The molecule has 0 atom stereocenters. The Kier molecular flexibility index (Phi) is 3.71. The summed E-state index contributed by atoms with van der Waals surface area (Å²) < 4.78 is 0. The van der Waals surface area contributed by atoms with Gasteiger partial charge in [0.2, 0.25) is 0 Å². The number of aryl methyl sites for hydroxylation is 2. The van der Waals surface area contributed by atoms with Crippen LogP contribution in [0.15, 0.2) is 36.4 Å². The first-order chi connectivity index (χ1) is 8.61. The molecule has 0 radical (unpaired) electrons. The number of benzene rings is 2. The average molecular weight is 240 g/mol. The smallest absolute Gasteiger partial charge is 0.115 e. The van der Waals surface area contributed by atoms with E-state index in [1.807, 2.05) is 12.1 Å². The van der Waals surface area contributed by atoms with Gasteiger partial charge in [-0.15, -0.1) is 0 Å². The van der Waals surface area contributed by atoms with Crippen LogP contribution in [0.2, 0.25) is 0 Å². The Morgan fingerprint density at radius 1 is 0.889 bits per heavy atom. The van der Waals surface area contributed by atoms with Crippen molar-refractivity contribution < 1.29 is 5.11 Å². The number of hydrogen-bond donors (Lipinski definition) is 1. The normalized spacial score (nSPS) is 10.6. The molecule has 2 aromatic rings. The fourth-order valence-corrected chi connectivity index (χ4v) is 2.46. The zero-order chi connectivity index (χ0) is 13.1. The fourth-order valence-electron chi connectivity index (χ4n) is 2.46. The maximum atomic E-state index is 9.33. The quantitative estimate of drug-likeness (QED) is 0.829. The van der Waals surface area contributed by atoms with E-state index in [4.69, 9.17) is 0 Å². The van der Waals surface area contributed by atoms with E-state index in [-0.39, 0.29) is 0 Å². The minimum Gasteiger partial charge on any atom is -0.508 e. The SMILES string of the molecule is CCCc1c(C)cc(-c2ccc(O)cc2)cc1C. The molecule has 1 heteroatoms. The summed E-state index contributed by atoms with van der Waals surface area (Å²) in [5.41, 5.74) is 6.58. The van der Waals surface area contributed by atoms with Crippen molar-refractivity contribution in [1.29, 1.82) is 0 Å². The predicted octanol–water partition coefficient (Wildman–Crippen LogP) is 4.63. The summed E-state index contributed by atoms with van der Waals surface area (Å²) in [5.74, 6) is 0.315.